The van der Waals surface area contributed by atoms with Crippen LogP contribution in [0.5, 0.6) is 5.75 Å². The number of amides is 1. The maximum atomic E-state index is 12.9. The van der Waals surface area contributed by atoms with Gasteiger partial charge in [0.2, 0.25) is 5.91 Å². The molecule has 2 heterocycles. The Bertz CT molecular complexity index is 953. The van der Waals surface area contributed by atoms with Gasteiger partial charge in [-0.3, -0.25) is 9.36 Å². The average Bonchev–Trinajstić information content (AvgIpc) is 3.19. The maximum Gasteiger partial charge on any atom is 0.233 e. The number of thioether (sulfide) groups is 1. The van der Waals surface area contributed by atoms with E-state index < -0.39 is 0 Å². The molecule has 180 valence electrons. The number of ether oxygens (including phenoxy) is 2. The van der Waals surface area contributed by atoms with Crippen LogP contribution in [-0.2, 0) is 16.1 Å². The number of carbonyl (C=O) groups is 1. The van der Waals surface area contributed by atoms with E-state index in [0.29, 0.717) is 36.5 Å². The zero-order valence-corrected chi connectivity index (χ0v) is 21.2. The summed E-state index contributed by atoms with van der Waals surface area (Å²) in [6, 6.07) is 5.95. The van der Waals surface area contributed by atoms with Crippen molar-refractivity contribution in [3.63, 3.8) is 0 Å². The Morgan fingerprint density at radius 1 is 1.18 bits per heavy atom. The molecule has 4 rings (SSSR count). The highest BCUT2D eigenvalue weighted by molar-refractivity contribution is 7.99. The van der Waals surface area contributed by atoms with Crippen molar-refractivity contribution in [3.05, 3.63) is 34.6 Å². The minimum atomic E-state index is 0.0636. The lowest BCUT2D eigenvalue weighted by molar-refractivity contribution is -0.140. The molecule has 2 atom stereocenters. The Kier molecular flexibility index (Phi) is 8.20. The van der Waals surface area contributed by atoms with E-state index in [0.717, 1.165) is 35.1 Å². The molecule has 2 aliphatic rings. The summed E-state index contributed by atoms with van der Waals surface area (Å²) in [7, 11) is 0. The standard InChI is InChI=1S/C24H33ClN4O3S/c1-16-11-19(25)9-10-21(16)31-14-22-26-27-24(29(22)20-7-5-4-6-8-20)33-15-23(30)28-12-17(2)32-18(3)13-28/h9-11,17-18,20H,4-8,12-15H2,1-3H3. The lowest BCUT2D eigenvalue weighted by atomic mass is 9.95. The number of aromatic nitrogens is 3. The van der Waals surface area contributed by atoms with E-state index in [1.54, 1.807) is 0 Å². The van der Waals surface area contributed by atoms with Crippen LogP contribution in [0.2, 0.25) is 5.02 Å². The number of halogens is 1. The monoisotopic (exact) mass is 492 g/mol. The zero-order valence-electron chi connectivity index (χ0n) is 19.6. The molecule has 0 bridgehead atoms. The van der Waals surface area contributed by atoms with Gasteiger partial charge in [0.05, 0.1) is 18.0 Å². The van der Waals surface area contributed by atoms with Crippen molar-refractivity contribution in [3.8, 4) is 5.75 Å². The van der Waals surface area contributed by atoms with Gasteiger partial charge >= 0.3 is 0 Å². The fourth-order valence-corrected chi connectivity index (χ4v) is 5.88. The summed E-state index contributed by atoms with van der Waals surface area (Å²) in [6.45, 7) is 7.61. The third-order valence-electron chi connectivity index (χ3n) is 6.27. The van der Waals surface area contributed by atoms with Gasteiger partial charge in [0.15, 0.2) is 11.0 Å². The molecule has 2 unspecified atom stereocenters. The summed E-state index contributed by atoms with van der Waals surface area (Å²) in [4.78, 5) is 14.8. The van der Waals surface area contributed by atoms with E-state index >= 15 is 0 Å². The number of benzene rings is 1. The molecule has 2 fully saturated rings. The summed E-state index contributed by atoms with van der Waals surface area (Å²) >= 11 is 7.55. The number of hydrogen-bond donors (Lipinski definition) is 0. The Balaban J connectivity index is 1.46. The second kappa shape index (κ2) is 11.1. The number of morpholine rings is 1. The maximum absolute atomic E-state index is 12.9. The predicted molar refractivity (Wildman–Crippen MR) is 130 cm³/mol. The van der Waals surface area contributed by atoms with Gasteiger partial charge in [-0.15, -0.1) is 10.2 Å². The van der Waals surface area contributed by atoms with Crippen LogP contribution in [0, 0.1) is 6.92 Å². The molecule has 0 spiro atoms. The molecule has 1 aliphatic heterocycles. The summed E-state index contributed by atoms with van der Waals surface area (Å²) in [5.41, 5.74) is 0.986. The van der Waals surface area contributed by atoms with Crippen molar-refractivity contribution in [1.29, 1.82) is 0 Å². The lowest BCUT2D eigenvalue weighted by Gasteiger charge is -2.35. The van der Waals surface area contributed by atoms with Crippen molar-refractivity contribution in [2.24, 2.45) is 0 Å². The fourth-order valence-electron chi connectivity index (χ4n) is 4.73. The average molecular weight is 493 g/mol. The van der Waals surface area contributed by atoms with E-state index in [2.05, 4.69) is 14.8 Å². The highest BCUT2D eigenvalue weighted by Gasteiger charge is 2.28. The molecular formula is C24H33ClN4O3S. The second-order valence-electron chi connectivity index (χ2n) is 9.10. The van der Waals surface area contributed by atoms with Crippen LogP contribution < -0.4 is 4.74 Å². The Morgan fingerprint density at radius 2 is 1.91 bits per heavy atom. The van der Waals surface area contributed by atoms with Crippen LogP contribution in [0.3, 0.4) is 0 Å². The largest absolute Gasteiger partial charge is 0.485 e. The van der Waals surface area contributed by atoms with Gasteiger partial charge in [-0.25, -0.2) is 0 Å². The molecule has 33 heavy (non-hydrogen) atoms. The zero-order chi connectivity index (χ0) is 23.4. The minimum absolute atomic E-state index is 0.0636. The first-order valence-electron chi connectivity index (χ1n) is 11.8. The molecule has 0 radical (unpaired) electrons. The van der Waals surface area contributed by atoms with Gasteiger partial charge in [-0.05, 0) is 57.4 Å². The first kappa shape index (κ1) is 24.4. The van der Waals surface area contributed by atoms with Gasteiger partial charge in [0.25, 0.3) is 0 Å². The van der Waals surface area contributed by atoms with Crippen molar-refractivity contribution in [2.45, 2.75) is 82.9 Å². The van der Waals surface area contributed by atoms with Gasteiger partial charge in [-0.1, -0.05) is 42.6 Å². The summed E-state index contributed by atoms with van der Waals surface area (Å²) in [5, 5.41) is 10.4. The third kappa shape index (κ3) is 6.22. The van der Waals surface area contributed by atoms with Crippen LogP contribution in [0.25, 0.3) is 0 Å². The third-order valence-corrected chi connectivity index (χ3v) is 7.43. The van der Waals surface area contributed by atoms with Crippen LogP contribution in [0.1, 0.15) is 63.4 Å². The van der Waals surface area contributed by atoms with E-state index in [-0.39, 0.29) is 18.1 Å². The van der Waals surface area contributed by atoms with Gasteiger partial charge in [-0.2, -0.15) is 0 Å². The molecule has 2 aromatic rings. The molecule has 7 nitrogen and oxygen atoms in total. The highest BCUT2D eigenvalue weighted by Crippen LogP contribution is 2.33. The second-order valence-corrected chi connectivity index (χ2v) is 10.5. The minimum Gasteiger partial charge on any atom is -0.485 e. The normalized spacial score (nSPS) is 21.9. The van der Waals surface area contributed by atoms with Crippen LogP contribution in [-0.4, -0.2) is 56.6 Å². The number of nitrogens with zero attached hydrogens (tertiary/aromatic N) is 4. The van der Waals surface area contributed by atoms with Crippen LogP contribution in [0.4, 0.5) is 0 Å². The molecule has 1 aromatic carbocycles. The fraction of sp³-hybridized carbons (Fsp3) is 0.625. The van der Waals surface area contributed by atoms with E-state index in [1.165, 1.54) is 31.0 Å². The van der Waals surface area contributed by atoms with E-state index in [4.69, 9.17) is 21.1 Å². The van der Waals surface area contributed by atoms with Crippen molar-refractivity contribution in [2.75, 3.05) is 18.8 Å². The molecule has 1 saturated carbocycles. The van der Waals surface area contributed by atoms with Crippen molar-refractivity contribution in [1.82, 2.24) is 19.7 Å². The Morgan fingerprint density at radius 3 is 2.61 bits per heavy atom. The molecule has 0 N–H and O–H groups in total. The smallest absolute Gasteiger partial charge is 0.233 e. The summed E-state index contributed by atoms with van der Waals surface area (Å²) in [6.07, 6.45) is 6.00. The first-order chi connectivity index (χ1) is 15.9. The first-order valence-corrected chi connectivity index (χ1v) is 13.2. The molecule has 1 amide bonds. The van der Waals surface area contributed by atoms with E-state index in [9.17, 15) is 4.79 Å². The summed E-state index contributed by atoms with van der Waals surface area (Å²) in [5.74, 6) is 2.06. The summed E-state index contributed by atoms with van der Waals surface area (Å²) < 4.78 is 14.1. The quantitative estimate of drug-likeness (QED) is 0.503. The van der Waals surface area contributed by atoms with Gasteiger partial charge in [0.1, 0.15) is 12.4 Å². The Labute approximate surface area is 205 Å². The topological polar surface area (TPSA) is 69.5 Å². The van der Waals surface area contributed by atoms with Crippen LogP contribution in [0.15, 0.2) is 23.4 Å². The molecule has 9 heteroatoms. The van der Waals surface area contributed by atoms with Gasteiger partial charge < -0.3 is 14.4 Å². The number of hydrogen-bond acceptors (Lipinski definition) is 6. The van der Waals surface area contributed by atoms with Crippen molar-refractivity contribution >= 4 is 29.3 Å². The number of rotatable bonds is 7. The molecule has 1 aromatic heterocycles. The predicted octanol–water partition coefficient (Wildman–Crippen LogP) is 5.05. The van der Waals surface area contributed by atoms with Crippen molar-refractivity contribution < 1.29 is 14.3 Å². The molecular weight excluding hydrogens is 460 g/mol. The van der Waals surface area contributed by atoms with E-state index in [1.807, 2.05) is 43.9 Å². The van der Waals surface area contributed by atoms with Gasteiger partial charge in [0, 0.05) is 24.2 Å². The SMILES string of the molecule is Cc1cc(Cl)ccc1OCc1nnc(SCC(=O)N2CC(C)OC(C)C2)n1C1CCCCC1. The number of carbonyl (C=O) groups excluding carboxylic acids is 1. The lowest BCUT2D eigenvalue weighted by Crippen LogP contribution is -2.48. The molecule has 1 aliphatic carbocycles. The number of aryl methyl sites for hydroxylation is 1. The Hall–Kier alpha value is -1.77. The van der Waals surface area contributed by atoms with Crippen LogP contribution >= 0.6 is 23.4 Å². The highest BCUT2D eigenvalue weighted by atomic mass is 35.5. The molecule has 1 saturated heterocycles.